The Bertz CT molecular complexity index is 609. The Morgan fingerprint density at radius 2 is 2.06 bits per heavy atom. The summed E-state index contributed by atoms with van der Waals surface area (Å²) in [6, 6.07) is 2.11. The predicted octanol–water partition coefficient (Wildman–Crippen LogP) is 0.00802. The van der Waals surface area contributed by atoms with Gasteiger partial charge < -0.3 is 4.98 Å². The van der Waals surface area contributed by atoms with E-state index in [1.54, 1.807) is 0 Å². The molecule has 0 fully saturated rings. The standard InChI is InChI=1S/C9H10F2N2O4S/c1-5-2-6(3-8(14)12-5)9(15)13-18(16,17)4-7(10)11/h2-3,7H,4H2,1H3,(H,12,14)(H,13,15). The highest BCUT2D eigenvalue weighted by molar-refractivity contribution is 7.90. The molecule has 18 heavy (non-hydrogen) atoms. The fraction of sp³-hybridized carbons (Fsp3) is 0.333. The molecule has 0 aliphatic carbocycles. The summed E-state index contributed by atoms with van der Waals surface area (Å²) in [5, 5.41) is 0. The zero-order chi connectivity index (χ0) is 13.9. The van der Waals surface area contributed by atoms with Crippen LogP contribution in [0.2, 0.25) is 0 Å². The van der Waals surface area contributed by atoms with E-state index in [4.69, 9.17) is 0 Å². The third-order valence-electron chi connectivity index (χ3n) is 1.83. The van der Waals surface area contributed by atoms with E-state index in [1.807, 2.05) is 0 Å². The number of sulfonamides is 1. The van der Waals surface area contributed by atoms with Gasteiger partial charge in [0.05, 0.1) is 0 Å². The van der Waals surface area contributed by atoms with E-state index < -0.39 is 33.7 Å². The molecule has 0 saturated heterocycles. The van der Waals surface area contributed by atoms with Crippen LogP contribution in [-0.2, 0) is 10.0 Å². The normalized spacial score (nSPS) is 11.6. The number of pyridine rings is 1. The highest BCUT2D eigenvalue weighted by atomic mass is 32.2. The number of hydrogen-bond donors (Lipinski definition) is 2. The van der Waals surface area contributed by atoms with Crippen LogP contribution in [0.1, 0.15) is 16.1 Å². The Kier molecular flexibility index (Phi) is 4.17. The Balaban J connectivity index is 2.92. The van der Waals surface area contributed by atoms with Crippen molar-refractivity contribution in [2.75, 3.05) is 5.75 Å². The van der Waals surface area contributed by atoms with Crippen molar-refractivity contribution >= 4 is 15.9 Å². The largest absolute Gasteiger partial charge is 0.326 e. The number of hydrogen-bond acceptors (Lipinski definition) is 4. The van der Waals surface area contributed by atoms with Crippen LogP contribution in [0.4, 0.5) is 8.78 Å². The lowest BCUT2D eigenvalue weighted by Crippen LogP contribution is -2.35. The third-order valence-corrected chi connectivity index (χ3v) is 3.02. The van der Waals surface area contributed by atoms with Crippen molar-refractivity contribution in [1.29, 1.82) is 0 Å². The molecule has 0 aliphatic rings. The smallest absolute Gasteiger partial charge is 0.264 e. The van der Waals surface area contributed by atoms with Gasteiger partial charge in [-0.2, -0.15) is 0 Å². The number of carbonyl (C=O) groups excluding carboxylic acids is 1. The number of nitrogens with one attached hydrogen (secondary N) is 2. The number of rotatable bonds is 4. The zero-order valence-electron chi connectivity index (χ0n) is 9.24. The first-order valence-corrected chi connectivity index (χ1v) is 6.39. The molecule has 9 heteroatoms. The van der Waals surface area contributed by atoms with E-state index in [0.29, 0.717) is 5.69 Å². The zero-order valence-corrected chi connectivity index (χ0v) is 10.1. The molecule has 0 atom stereocenters. The molecule has 1 rings (SSSR count). The fourth-order valence-corrected chi connectivity index (χ4v) is 2.04. The van der Waals surface area contributed by atoms with Crippen molar-refractivity contribution in [3.63, 3.8) is 0 Å². The van der Waals surface area contributed by atoms with Gasteiger partial charge in [-0.25, -0.2) is 21.9 Å². The minimum absolute atomic E-state index is 0.214. The minimum atomic E-state index is -4.42. The number of aromatic nitrogens is 1. The van der Waals surface area contributed by atoms with Gasteiger partial charge in [0.2, 0.25) is 15.6 Å². The average molecular weight is 280 g/mol. The van der Waals surface area contributed by atoms with Crippen molar-refractivity contribution in [2.45, 2.75) is 13.3 Å². The van der Waals surface area contributed by atoms with Crippen LogP contribution in [-0.4, -0.2) is 31.5 Å². The summed E-state index contributed by atoms with van der Waals surface area (Å²) in [4.78, 5) is 24.9. The molecule has 0 bridgehead atoms. The van der Waals surface area contributed by atoms with E-state index in [9.17, 15) is 26.8 Å². The summed E-state index contributed by atoms with van der Waals surface area (Å²) < 4.78 is 47.5. The van der Waals surface area contributed by atoms with Crippen LogP contribution < -0.4 is 10.3 Å². The number of amides is 1. The molecular formula is C9H10F2N2O4S. The molecule has 0 spiro atoms. The number of H-pyrrole nitrogens is 1. The summed E-state index contributed by atoms with van der Waals surface area (Å²) in [5.41, 5.74) is -0.459. The number of aryl methyl sites for hydroxylation is 1. The van der Waals surface area contributed by atoms with Crippen LogP contribution in [0.5, 0.6) is 0 Å². The van der Waals surface area contributed by atoms with Crippen molar-refractivity contribution in [3.05, 3.63) is 33.7 Å². The number of halogens is 2. The van der Waals surface area contributed by atoms with Crippen molar-refractivity contribution < 1.29 is 22.0 Å². The molecule has 0 aromatic carbocycles. The topological polar surface area (TPSA) is 96.1 Å². The molecule has 1 amide bonds. The summed E-state index contributed by atoms with van der Waals surface area (Å²) in [7, 11) is -4.42. The van der Waals surface area contributed by atoms with Crippen molar-refractivity contribution in [1.82, 2.24) is 9.71 Å². The van der Waals surface area contributed by atoms with E-state index in [2.05, 4.69) is 4.98 Å². The molecular weight excluding hydrogens is 270 g/mol. The molecule has 1 aromatic rings. The lowest BCUT2D eigenvalue weighted by Gasteiger charge is -2.06. The molecule has 100 valence electrons. The molecule has 1 heterocycles. The number of aromatic amines is 1. The molecule has 1 aromatic heterocycles. The van der Waals surface area contributed by atoms with E-state index in [1.165, 1.54) is 17.7 Å². The van der Waals surface area contributed by atoms with Gasteiger partial charge in [0, 0.05) is 17.3 Å². The molecule has 0 radical (unpaired) electrons. The Morgan fingerprint density at radius 3 is 2.56 bits per heavy atom. The maximum atomic E-state index is 11.9. The van der Waals surface area contributed by atoms with Crippen LogP contribution >= 0.6 is 0 Å². The molecule has 2 N–H and O–H groups in total. The summed E-state index contributed by atoms with van der Waals surface area (Å²) in [6.07, 6.45) is -3.09. The van der Waals surface area contributed by atoms with Crippen molar-refractivity contribution in [3.8, 4) is 0 Å². The van der Waals surface area contributed by atoms with Gasteiger partial charge in [-0.15, -0.1) is 0 Å². The first-order chi connectivity index (χ1) is 8.19. The lowest BCUT2D eigenvalue weighted by molar-refractivity contribution is 0.0980. The maximum absolute atomic E-state index is 11.9. The van der Waals surface area contributed by atoms with Gasteiger partial charge in [-0.05, 0) is 13.0 Å². The van der Waals surface area contributed by atoms with Crippen LogP contribution in [0.25, 0.3) is 0 Å². The minimum Gasteiger partial charge on any atom is -0.326 e. The predicted molar refractivity (Wildman–Crippen MR) is 59.1 cm³/mol. The first kappa shape index (κ1) is 14.3. The van der Waals surface area contributed by atoms with Crippen LogP contribution in [0.15, 0.2) is 16.9 Å². The third kappa shape index (κ3) is 4.24. The Labute approximate surface area is 101 Å². The molecule has 6 nitrogen and oxygen atoms in total. The highest BCUT2D eigenvalue weighted by Gasteiger charge is 2.21. The van der Waals surface area contributed by atoms with Crippen LogP contribution in [0.3, 0.4) is 0 Å². The summed E-state index contributed by atoms with van der Waals surface area (Å²) in [6.45, 7) is 1.49. The second kappa shape index (κ2) is 5.25. The highest BCUT2D eigenvalue weighted by Crippen LogP contribution is 2.01. The summed E-state index contributed by atoms with van der Waals surface area (Å²) >= 11 is 0. The Hall–Kier alpha value is -1.77. The first-order valence-electron chi connectivity index (χ1n) is 4.73. The second-order valence-corrected chi connectivity index (χ2v) is 5.29. The van der Waals surface area contributed by atoms with Crippen LogP contribution in [0, 0.1) is 6.92 Å². The number of carbonyl (C=O) groups is 1. The average Bonchev–Trinajstić information content (AvgIpc) is 2.12. The summed E-state index contributed by atoms with van der Waals surface area (Å²) in [5.74, 6) is -2.59. The van der Waals surface area contributed by atoms with E-state index in [0.717, 1.165) is 6.07 Å². The molecule has 0 aliphatic heterocycles. The Morgan fingerprint density at radius 1 is 1.44 bits per heavy atom. The quantitative estimate of drug-likeness (QED) is 0.812. The maximum Gasteiger partial charge on any atom is 0.264 e. The van der Waals surface area contributed by atoms with Gasteiger partial charge in [0.25, 0.3) is 12.3 Å². The van der Waals surface area contributed by atoms with Gasteiger partial charge in [-0.3, -0.25) is 9.59 Å². The van der Waals surface area contributed by atoms with E-state index in [-0.39, 0.29) is 5.56 Å². The SMILES string of the molecule is Cc1cc(C(=O)NS(=O)(=O)CC(F)F)cc(=O)[nH]1. The van der Waals surface area contributed by atoms with Gasteiger partial charge >= 0.3 is 0 Å². The van der Waals surface area contributed by atoms with Gasteiger partial charge in [0.15, 0.2) is 0 Å². The lowest BCUT2D eigenvalue weighted by atomic mass is 10.2. The second-order valence-electron chi connectivity index (χ2n) is 3.52. The van der Waals surface area contributed by atoms with Gasteiger partial charge in [-0.1, -0.05) is 0 Å². The molecule has 0 saturated carbocycles. The van der Waals surface area contributed by atoms with Crippen molar-refractivity contribution in [2.24, 2.45) is 0 Å². The number of alkyl halides is 2. The monoisotopic (exact) mass is 280 g/mol. The van der Waals surface area contributed by atoms with E-state index >= 15 is 0 Å². The fourth-order valence-electron chi connectivity index (χ4n) is 1.22. The van der Waals surface area contributed by atoms with Gasteiger partial charge in [0.1, 0.15) is 5.75 Å². The molecule has 0 unspecified atom stereocenters.